The molecule has 2 saturated carbocycles. The third-order valence-electron chi connectivity index (χ3n) is 4.51. The number of nitrogens with two attached hydrogens (primary N) is 1. The predicted octanol–water partition coefficient (Wildman–Crippen LogP) is 2.66. The number of halogens is 3. The zero-order valence-corrected chi connectivity index (χ0v) is 12.1. The molecule has 0 saturated heterocycles. The van der Waals surface area contributed by atoms with Gasteiger partial charge in [-0.05, 0) is 42.7 Å². The molecule has 3 rings (SSSR count). The lowest BCUT2D eigenvalue weighted by molar-refractivity contribution is -0.137. The summed E-state index contributed by atoms with van der Waals surface area (Å²) < 4.78 is 38.1. The second-order valence-electron chi connectivity index (χ2n) is 6.32. The fourth-order valence-corrected chi connectivity index (χ4v) is 2.84. The summed E-state index contributed by atoms with van der Waals surface area (Å²) in [7, 11) is 0. The minimum Gasteiger partial charge on any atom is -0.354 e. The number of carbonyl (C=O) groups is 1. The molecule has 0 radical (unpaired) electrons. The lowest BCUT2D eigenvalue weighted by Gasteiger charge is -2.12. The van der Waals surface area contributed by atoms with Gasteiger partial charge in [0.15, 0.2) is 0 Å². The van der Waals surface area contributed by atoms with Gasteiger partial charge in [-0.1, -0.05) is 18.2 Å². The highest BCUT2D eigenvalue weighted by Crippen LogP contribution is 2.48. The first-order valence-electron chi connectivity index (χ1n) is 7.56. The maximum absolute atomic E-state index is 12.7. The van der Waals surface area contributed by atoms with Gasteiger partial charge in [0.05, 0.1) is 5.56 Å². The van der Waals surface area contributed by atoms with Crippen molar-refractivity contribution < 1.29 is 18.0 Å². The zero-order valence-electron chi connectivity index (χ0n) is 12.1. The summed E-state index contributed by atoms with van der Waals surface area (Å²) in [5.74, 6) is 0.0756. The lowest BCUT2D eigenvalue weighted by Crippen LogP contribution is -2.39. The topological polar surface area (TPSA) is 55.1 Å². The van der Waals surface area contributed by atoms with E-state index < -0.39 is 11.7 Å². The van der Waals surface area contributed by atoms with E-state index in [2.05, 4.69) is 5.32 Å². The Kier molecular flexibility index (Phi) is 3.89. The molecule has 2 fully saturated rings. The number of carbonyl (C=O) groups excluding carboxylic acids is 1. The fourth-order valence-electron chi connectivity index (χ4n) is 2.84. The van der Waals surface area contributed by atoms with Gasteiger partial charge >= 0.3 is 6.18 Å². The van der Waals surface area contributed by atoms with Crippen LogP contribution >= 0.6 is 0 Å². The van der Waals surface area contributed by atoms with Gasteiger partial charge < -0.3 is 11.1 Å². The van der Waals surface area contributed by atoms with Crippen molar-refractivity contribution in [2.75, 3.05) is 6.54 Å². The molecule has 0 spiro atoms. The first-order chi connectivity index (χ1) is 10.4. The van der Waals surface area contributed by atoms with Crippen LogP contribution in [0.15, 0.2) is 24.3 Å². The van der Waals surface area contributed by atoms with E-state index in [9.17, 15) is 18.0 Å². The van der Waals surface area contributed by atoms with Gasteiger partial charge in [0.1, 0.15) is 0 Å². The molecule has 1 aromatic rings. The average molecular weight is 312 g/mol. The molecule has 3 N–H and O–H groups in total. The van der Waals surface area contributed by atoms with E-state index in [4.69, 9.17) is 5.73 Å². The van der Waals surface area contributed by atoms with Crippen LogP contribution in [0.5, 0.6) is 0 Å². The molecule has 120 valence electrons. The number of hydrogen-bond donors (Lipinski definition) is 2. The third-order valence-corrected chi connectivity index (χ3v) is 4.51. The highest BCUT2D eigenvalue weighted by atomic mass is 19.4. The van der Waals surface area contributed by atoms with Gasteiger partial charge in [-0.3, -0.25) is 4.79 Å². The van der Waals surface area contributed by atoms with Crippen LogP contribution in [0.2, 0.25) is 0 Å². The number of alkyl halides is 3. The molecule has 3 nitrogen and oxygen atoms in total. The van der Waals surface area contributed by atoms with E-state index >= 15 is 0 Å². The highest BCUT2D eigenvalue weighted by Gasteiger charge is 2.44. The van der Waals surface area contributed by atoms with Crippen molar-refractivity contribution >= 4 is 5.91 Å². The average Bonchev–Trinajstić information content (AvgIpc) is 3.36. The van der Waals surface area contributed by atoms with Gasteiger partial charge in [0.25, 0.3) is 0 Å². The quantitative estimate of drug-likeness (QED) is 0.878. The summed E-state index contributed by atoms with van der Waals surface area (Å²) in [6.45, 7) is 0.454. The van der Waals surface area contributed by atoms with E-state index in [0.717, 1.165) is 25.0 Å². The van der Waals surface area contributed by atoms with Crippen molar-refractivity contribution in [1.29, 1.82) is 0 Å². The van der Waals surface area contributed by atoms with Gasteiger partial charge in [0.2, 0.25) is 5.91 Å². The summed E-state index contributed by atoms with van der Waals surface area (Å²) in [5, 5.41) is 2.82. The van der Waals surface area contributed by atoms with Crippen LogP contribution in [-0.2, 0) is 11.0 Å². The number of rotatable bonds is 5. The molecule has 3 unspecified atom stereocenters. The van der Waals surface area contributed by atoms with Crippen molar-refractivity contribution in [3.8, 4) is 0 Å². The summed E-state index contributed by atoms with van der Waals surface area (Å²) in [4.78, 5) is 12.0. The van der Waals surface area contributed by atoms with Crippen molar-refractivity contribution in [2.45, 2.75) is 37.4 Å². The van der Waals surface area contributed by atoms with Crippen molar-refractivity contribution in [3.63, 3.8) is 0 Å². The van der Waals surface area contributed by atoms with Crippen LogP contribution in [0.25, 0.3) is 0 Å². The van der Waals surface area contributed by atoms with E-state index in [1.165, 1.54) is 6.07 Å². The van der Waals surface area contributed by atoms with Crippen molar-refractivity contribution in [2.24, 2.45) is 17.6 Å². The Morgan fingerprint density at radius 2 is 2.09 bits per heavy atom. The Labute approximate surface area is 127 Å². The molecule has 2 aliphatic carbocycles. The van der Waals surface area contributed by atoms with Gasteiger partial charge in [-0.15, -0.1) is 0 Å². The van der Waals surface area contributed by atoms with Crippen molar-refractivity contribution in [3.05, 3.63) is 35.4 Å². The molecule has 6 heteroatoms. The maximum Gasteiger partial charge on any atom is 0.416 e. The molecule has 22 heavy (non-hydrogen) atoms. The molecular weight excluding hydrogens is 293 g/mol. The first-order valence-corrected chi connectivity index (χ1v) is 7.56. The maximum atomic E-state index is 12.7. The molecule has 1 amide bonds. The summed E-state index contributed by atoms with van der Waals surface area (Å²) in [6.07, 6.45) is -1.51. The van der Waals surface area contributed by atoms with Crippen LogP contribution in [0.1, 0.15) is 36.3 Å². The minimum absolute atomic E-state index is 0.00490. The molecule has 2 aliphatic rings. The molecular formula is C16H19F3N2O. The molecule has 0 aromatic heterocycles. The van der Waals surface area contributed by atoms with E-state index in [1.807, 2.05) is 0 Å². The Hall–Kier alpha value is -1.56. The molecule has 0 heterocycles. The summed E-state index contributed by atoms with van der Waals surface area (Å²) in [6, 6.07) is 5.25. The first kappa shape index (κ1) is 15.3. The van der Waals surface area contributed by atoms with Gasteiger partial charge in [-0.25, -0.2) is 0 Å². The van der Waals surface area contributed by atoms with Crippen LogP contribution < -0.4 is 11.1 Å². The molecule has 0 aliphatic heterocycles. The Morgan fingerprint density at radius 1 is 1.36 bits per heavy atom. The van der Waals surface area contributed by atoms with Crippen LogP contribution in [0, 0.1) is 11.8 Å². The lowest BCUT2D eigenvalue weighted by atomic mass is 10.1. The predicted molar refractivity (Wildman–Crippen MR) is 76.0 cm³/mol. The fraction of sp³-hybridized carbons (Fsp3) is 0.562. The highest BCUT2D eigenvalue weighted by molar-refractivity contribution is 5.82. The van der Waals surface area contributed by atoms with Gasteiger partial charge in [0, 0.05) is 18.5 Å². The monoisotopic (exact) mass is 312 g/mol. The van der Waals surface area contributed by atoms with E-state index in [0.29, 0.717) is 24.4 Å². The smallest absolute Gasteiger partial charge is 0.354 e. The van der Waals surface area contributed by atoms with Crippen LogP contribution in [0.3, 0.4) is 0 Å². The van der Waals surface area contributed by atoms with E-state index in [-0.39, 0.29) is 23.8 Å². The minimum atomic E-state index is -4.35. The van der Waals surface area contributed by atoms with E-state index in [1.54, 1.807) is 6.07 Å². The summed E-state index contributed by atoms with van der Waals surface area (Å²) in [5.41, 5.74) is 5.85. The largest absolute Gasteiger partial charge is 0.416 e. The standard InChI is InChI=1S/C16H19F3N2O/c17-16(18,19)11-3-1-2-10(6-11)12-7-13(12)15(22)21-8-14(20)9-4-5-9/h1-3,6,9,12-14H,4-5,7-8,20H2,(H,21,22). The normalized spacial score (nSPS) is 25.6. The zero-order chi connectivity index (χ0) is 15.9. The Bertz CT molecular complexity index is 569. The molecule has 1 aromatic carbocycles. The molecule has 3 atom stereocenters. The second-order valence-corrected chi connectivity index (χ2v) is 6.32. The Morgan fingerprint density at radius 3 is 2.73 bits per heavy atom. The third kappa shape index (κ3) is 3.43. The van der Waals surface area contributed by atoms with Crippen molar-refractivity contribution in [1.82, 2.24) is 5.32 Å². The number of hydrogen-bond acceptors (Lipinski definition) is 2. The number of amides is 1. The van der Waals surface area contributed by atoms with Crippen LogP contribution in [0.4, 0.5) is 13.2 Å². The number of benzene rings is 1. The SMILES string of the molecule is NC(CNC(=O)C1CC1c1cccc(C(F)(F)F)c1)C1CC1. The second kappa shape index (κ2) is 5.57. The van der Waals surface area contributed by atoms with Crippen LogP contribution in [-0.4, -0.2) is 18.5 Å². The van der Waals surface area contributed by atoms with Gasteiger partial charge in [-0.2, -0.15) is 13.2 Å². The number of nitrogens with one attached hydrogen (secondary N) is 1. The molecule has 0 bridgehead atoms. The Balaban J connectivity index is 1.56. The summed E-state index contributed by atoms with van der Waals surface area (Å²) >= 11 is 0.